The summed E-state index contributed by atoms with van der Waals surface area (Å²) in [6, 6.07) is 7.00. The Balaban J connectivity index is 2.28. The normalized spacial score (nSPS) is 11.1. The Hall–Kier alpha value is -2.30. The molecule has 0 saturated heterocycles. The molecule has 18 heavy (non-hydrogen) atoms. The third kappa shape index (κ3) is 1.55. The van der Waals surface area contributed by atoms with Crippen LogP contribution in [0.2, 0.25) is 0 Å². The highest BCUT2D eigenvalue weighted by Gasteiger charge is 2.14. The molecular formula is C13H9F2N3. The largest absolute Gasteiger partial charge is 0.227 e. The zero-order valence-electron chi connectivity index (χ0n) is 9.56. The third-order valence-corrected chi connectivity index (χ3v) is 2.80. The SMILES string of the molecule is Cc1c(-c2ccc(F)cc2F)nc2cccnn12. The second kappa shape index (κ2) is 3.87. The fraction of sp³-hybridized carbons (Fsp3) is 0.0769. The van der Waals surface area contributed by atoms with Crippen molar-refractivity contribution in [1.29, 1.82) is 0 Å². The minimum atomic E-state index is -0.624. The molecular weight excluding hydrogens is 236 g/mol. The lowest BCUT2D eigenvalue weighted by molar-refractivity contribution is 0.585. The summed E-state index contributed by atoms with van der Waals surface area (Å²) in [7, 11) is 0. The summed E-state index contributed by atoms with van der Waals surface area (Å²) >= 11 is 0. The van der Waals surface area contributed by atoms with E-state index in [0.29, 0.717) is 11.3 Å². The summed E-state index contributed by atoms with van der Waals surface area (Å²) < 4.78 is 28.2. The molecule has 0 radical (unpaired) electrons. The van der Waals surface area contributed by atoms with Crippen molar-refractivity contribution < 1.29 is 8.78 Å². The van der Waals surface area contributed by atoms with Crippen molar-refractivity contribution in [2.24, 2.45) is 0 Å². The molecule has 1 aromatic carbocycles. The first kappa shape index (κ1) is 10.8. The molecule has 0 amide bonds. The van der Waals surface area contributed by atoms with Crippen LogP contribution >= 0.6 is 0 Å². The molecule has 0 aliphatic rings. The molecule has 0 aliphatic heterocycles. The lowest BCUT2D eigenvalue weighted by atomic mass is 10.1. The molecule has 0 aliphatic carbocycles. The monoisotopic (exact) mass is 245 g/mol. The molecule has 2 aromatic heterocycles. The number of aromatic nitrogens is 3. The predicted molar refractivity (Wildman–Crippen MR) is 63.1 cm³/mol. The van der Waals surface area contributed by atoms with Gasteiger partial charge in [-0.2, -0.15) is 5.10 Å². The fourth-order valence-corrected chi connectivity index (χ4v) is 1.94. The van der Waals surface area contributed by atoms with Crippen LogP contribution in [-0.2, 0) is 0 Å². The van der Waals surface area contributed by atoms with Crippen LogP contribution < -0.4 is 0 Å². The van der Waals surface area contributed by atoms with Crippen LogP contribution in [-0.4, -0.2) is 14.6 Å². The number of halogens is 2. The molecule has 0 atom stereocenters. The summed E-state index contributed by atoms with van der Waals surface area (Å²) in [4.78, 5) is 4.31. The van der Waals surface area contributed by atoms with Crippen LogP contribution in [0.1, 0.15) is 5.69 Å². The fourth-order valence-electron chi connectivity index (χ4n) is 1.94. The maximum absolute atomic E-state index is 13.7. The molecule has 0 fully saturated rings. The predicted octanol–water partition coefficient (Wildman–Crippen LogP) is 2.98. The van der Waals surface area contributed by atoms with E-state index >= 15 is 0 Å². The van der Waals surface area contributed by atoms with Gasteiger partial charge in [0.25, 0.3) is 0 Å². The van der Waals surface area contributed by atoms with Gasteiger partial charge in [0.1, 0.15) is 11.6 Å². The Morgan fingerprint density at radius 2 is 2.00 bits per heavy atom. The summed E-state index contributed by atoms with van der Waals surface area (Å²) in [5.41, 5.74) is 2.11. The van der Waals surface area contributed by atoms with Gasteiger partial charge < -0.3 is 0 Å². The lowest BCUT2D eigenvalue weighted by Crippen LogP contribution is -1.93. The number of aryl methyl sites for hydroxylation is 1. The van der Waals surface area contributed by atoms with E-state index in [4.69, 9.17) is 0 Å². The number of benzene rings is 1. The number of hydrogen-bond donors (Lipinski definition) is 0. The molecule has 5 heteroatoms. The third-order valence-electron chi connectivity index (χ3n) is 2.80. The molecule has 0 saturated carbocycles. The second-order valence-electron chi connectivity index (χ2n) is 3.96. The molecule has 90 valence electrons. The molecule has 3 rings (SSSR count). The van der Waals surface area contributed by atoms with Crippen LogP contribution in [0.5, 0.6) is 0 Å². The van der Waals surface area contributed by atoms with Gasteiger partial charge in [0, 0.05) is 17.8 Å². The highest BCUT2D eigenvalue weighted by Crippen LogP contribution is 2.26. The summed E-state index contributed by atoms with van der Waals surface area (Å²) in [6.07, 6.45) is 1.63. The Morgan fingerprint density at radius 1 is 1.17 bits per heavy atom. The van der Waals surface area contributed by atoms with Gasteiger partial charge in [-0.1, -0.05) is 0 Å². The van der Waals surface area contributed by atoms with E-state index in [1.807, 2.05) is 0 Å². The number of fused-ring (bicyclic) bond motifs is 1. The molecule has 0 bridgehead atoms. The van der Waals surface area contributed by atoms with E-state index in [-0.39, 0.29) is 5.56 Å². The quantitative estimate of drug-likeness (QED) is 0.659. The Labute approximate surface area is 102 Å². The van der Waals surface area contributed by atoms with E-state index in [9.17, 15) is 8.78 Å². The van der Waals surface area contributed by atoms with Gasteiger partial charge in [0.05, 0.1) is 11.4 Å². The van der Waals surface area contributed by atoms with Gasteiger partial charge in [-0.3, -0.25) is 0 Å². The van der Waals surface area contributed by atoms with Crippen LogP contribution in [0, 0.1) is 18.6 Å². The minimum Gasteiger partial charge on any atom is -0.227 e. The maximum Gasteiger partial charge on any atom is 0.154 e. The zero-order valence-corrected chi connectivity index (χ0v) is 9.56. The van der Waals surface area contributed by atoms with Crippen LogP contribution in [0.3, 0.4) is 0 Å². The highest BCUT2D eigenvalue weighted by atomic mass is 19.1. The topological polar surface area (TPSA) is 30.2 Å². The molecule has 0 spiro atoms. The first-order valence-corrected chi connectivity index (χ1v) is 5.42. The van der Waals surface area contributed by atoms with E-state index in [0.717, 1.165) is 11.8 Å². The first-order chi connectivity index (χ1) is 8.66. The summed E-state index contributed by atoms with van der Waals surface area (Å²) in [5, 5.41) is 4.13. The van der Waals surface area contributed by atoms with Crippen LogP contribution in [0.4, 0.5) is 8.78 Å². The zero-order chi connectivity index (χ0) is 12.7. The van der Waals surface area contributed by atoms with Crippen molar-refractivity contribution >= 4 is 5.65 Å². The van der Waals surface area contributed by atoms with Crippen LogP contribution in [0.25, 0.3) is 16.9 Å². The number of hydrogen-bond acceptors (Lipinski definition) is 2. The Kier molecular flexibility index (Phi) is 2.33. The first-order valence-electron chi connectivity index (χ1n) is 5.42. The molecule has 0 N–H and O–H groups in total. The standard InChI is InChI=1S/C13H9F2N3/c1-8-13(10-5-4-9(14)7-11(10)15)17-12-3-2-6-16-18(8)12/h2-7H,1H3. The average molecular weight is 245 g/mol. The van der Waals surface area contributed by atoms with Gasteiger partial charge in [0.2, 0.25) is 0 Å². The second-order valence-corrected chi connectivity index (χ2v) is 3.96. The smallest absolute Gasteiger partial charge is 0.154 e. The summed E-state index contributed by atoms with van der Waals surface area (Å²) in [5.74, 6) is -1.22. The Morgan fingerprint density at radius 3 is 2.72 bits per heavy atom. The maximum atomic E-state index is 13.7. The number of rotatable bonds is 1. The van der Waals surface area contributed by atoms with E-state index in [1.165, 1.54) is 12.1 Å². The highest BCUT2D eigenvalue weighted by molar-refractivity contribution is 5.66. The van der Waals surface area contributed by atoms with E-state index in [1.54, 1.807) is 29.8 Å². The minimum absolute atomic E-state index is 0.277. The van der Waals surface area contributed by atoms with E-state index in [2.05, 4.69) is 10.1 Å². The van der Waals surface area contributed by atoms with Crippen molar-refractivity contribution in [3.05, 3.63) is 53.9 Å². The number of imidazole rings is 1. The van der Waals surface area contributed by atoms with Crippen molar-refractivity contribution in [3.63, 3.8) is 0 Å². The van der Waals surface area contributed by atoms with Crippen molar-refractivity contribution in [2.45, 2.75) is 6.92 Å². The van der Waals surface area contributed by atoms with Gasteiger partial charge in [-0.05, 0) is 31.2 Å². The van der Waals surface area contributed by atoms with Gasteiger partial charge in [0.15, 0.2) is 5.65 Å². The number of nitrogens with zero attached hydrogens (tertiary/aromatic N) is 3. The van der Waals surface area contributed by atoms with Crippen LogP contribution in [0.15, 0.2) is 36.5 Å². The average Bonchev–Trinajstić information content (AvgIpc) is 2.68. The van der Waals surface area contributed by atoms with Crippen molar-refractivity contribution in [3.8, 4) is 11.3 Å². The van der Waals surface area contributed by atoms with Gasteiger partial charge >= 0.3 is 0 Å². The van der Waals surface area contributed by atoms with Gasteiger partial charge in [-0.15, -0.1) is 0 Å². The Bertz CT molecular complexity index is 734. The van der Waals surface area contributed by atoms with Crippen molar-refractivity contribution in [1.82, 2.24) is 14.6 Å². The summed E-state index contributed by atoms with van der Waals surface area (Å²) in [6.45, 7) is 1.80. The lowest BCUT2D eigenvalue weighted by Gasteiger charge is -2.01. The van der Waals surface area contributed by atoms with E-state index < -0.39 is 11.6 Å². The molecule has 3 aromatic rings. The molecule has 2 heterocycles. The molecule has 3 nitrogen and oxygen atoms in total. The molecule has 0 unspecified atom stereocenters. The van der Waals surface area contributed by atoms with Crippen molar-refractivity contribution in [2.75, 3.05) is 0 Å². The van der Waals surface area contributed by atoms with Gasteiger partial charge in [-0.25, -0.2) is 18.3 Å².